The van der Waals surface area contributed by atoms with Gasteiger partial charge in [0.05, 0.1) is 25.9 Å². The van der Waals surface area contributed by atoms with Gasteiger partial charge in [-0.05, 0) is 75.6 Å². The van der Waals surface area contributed by atoms with Gasteiger partial charge in [-0.2, -0.15) is 0 Å². The van der Waals surface area contributed by atoms with E-state index in [2.05, 4.69) is 22.8 Å². The summed E-state index contributed by atoms with van der Waals surface area (Å²) in [5, 5.41) is 10.0. The van der Waals surface area contributed by atoms with Gasteiger partial charge in [-0.15, -0.1) is 0 Å². The van der Waals surface area contributed by atoms with Crippen molar-refractivity contribution in [2.75, 3.05) is 45.4 Å². The zero-order chi connectivity index (χ0) is 20.7. The lowest BCUT2D eigenvalue weighted by Gasteiger charge is -2.59. The van der Waals surface area contributed by atoms with Crippen LogP contribution in [0.3, 0.4) is 0 Å². The highest BCUT2D eigenvalue weighted by atomic mass is 16.5. The number of nitrogens with zero attached hydrogens (tertiary/aromatic N) is 2. The molecule has 1 saturated carbocycles. The summed E-state index contributed by atoms with van der Waals surface area (Å²) in [6.45, 7) is 5.61. The van der Waals surface area contributed by atoms with Gasteiger partial charge in [0, 0.05) is 24.1 Å². The highest BCUT2D eigenvalue weighted by molar-refractivity contribution is 5.81. The molecule has 164 valence electrons. The van der Waals surface area contributed by atoms with E-state index in [9.17, 15) is 5.11 Å². The van der Waals surface area contributed by atoms with E-state index in [1.165, 1.54) is 49.9 Å². The molecule has 6 rings (SSSR count). The maximum Gasteiger partial charge on any atom is 0.205 e. The molecule has 6 nitrogen and oxygen atoms in total. The third kappa shape index (κ3) is 2.07. The first-order valence-electron chi connectivity index (χ1n) is 11.7. The Labute approximate surface area is 179 Å². The van der Waals surface area contributed by atoms with Gasteiger partial charge >= 0.3 is 0 Å². The van der Waals surface area contributed by atoms with Crippen LogP contribution in [0.1, 0.15) is 51.0 Å². The summed E-state index contributed by atoms with van der Waals surface area (Å²) in [6, 6.07) is 3.59. The van der Waals surface area contributed by atoms with Crippen LogP contribution in [0.5, 0.6) is 17.2 Å². The fraction of sp³-hybridized carbons (Fsp3) is 0.750. The van der Waals surface area contributed by atoms with E-state index in [0.29, 0.717) is 31.3 Å². The fourth-order valence-electron chi connectivity index (χ4n) is 8.28. The van der Waals surface area contributed by atoms with Gasteiger partial charge in [-0.1, -0.05) is 0 Å². The fourth-order valence-corrected chi connectivity index (χ4v) is 8.28. The Morgan fingerprint density at radius 1 is 1.20 bits per heavy atom. The van der Waals surface area contributed by atoms with Crippen LogP contribution in [0.2, 0.25) is 0 Å². The van der Waals surface area contributed by atoms with E-state index in [1.54, 1.807) is 14.2 Å². The summed E-state index contributed by atoms with van der Waals surface area (Å²) >= 11 is 0. The van der Waals surface area contributed by atoms with Gasteiger partial charge in [0.15, 0.2) is 11.5 Å². The molecule has 1 aromatic rings. The standard InChI is InChI=1S/C24H34N2O4/c1-15-14-30-21-19-16(13-17(28-2)20(21)29-3)24-8-11-25-10-4-6-23(9-12-27,22(24)25)7-5-18(24)26(15)19/h13,15,18,22,27H,4-12,14H2,1-3H3/t15-,18-,22-,23-,24-/m1/s1. The van der Waals surface area contributed by atoms with Gasteiger partial charge in [0.2, 0.25) is 5.75 Å². The van der Waals surface area contributed by atoms with E-state index in [-0.39, 0.29) is 10.8 Å². The van der Waals surface area contributed by atoms with Gasteiger partial charge in [0.25, 0.3) is 0 Å². The van der Waals surface area contributed by atoms with Crippen LogP contribution in [0.25, 0.3) is 0 Å². The Hall–Kier alpha value is -1.66. The zero-order valence-electron chi connectivity index (χ0n) is 18.4. The minimum absolute atomic E-state index is 0.0828. The third-order valence-corrected chi connectivity index (χ3v) is 9.12. The number of piperidine rings is 1. The van der Waals surface area contributed by atoms with E-state index in [4.69, 9.17) is 14.2 Å². The van der Waals surface area contributed by atoms with Crippen molar-refractivity contribution < 1.29 is 19.3 Å². The summed E-state index contributed by atoms with van der Waals surface area (Å²) in [7, 11) is 3.43. The van der Waals surface area contributed by atoms with Crippen LogP contribution in [0.4, 0.5) is 5.69 Å². The number of rotatable bonds is 4. The Morgan fingerprint density at radius 2 is 2.07 bits per heavy atom. The summed E-state index contributed by atoms with van der Waals surface area (Å²) < 4.78 is 17.9. The van der Waals surface area contributed by atoms with E-state index in [0.717, 1.165) is 30.2 Å². The normalized spacial score (nSPS) is 38.5. The maximum absolute atomic E-state index is 10.0. The van der Waals surface area contributed by atoms with Crippen LogP contribution >= 0.6 is 0 Å². The lowest BCUT2D eigenvalue weighted by atomic mass is 9.52. The number of hydrogen-bond acceptors (Lipinski definition) is 6. The van der Waals surface area contributed by atoms with Crippen LogP contribution in [0, 0.1) is 5.41 Å². The number of fused-ring (bicyclic) bond motifs is 1. The summed E-state index contributed by atoms with van der Waals surface area (Å²) in [5.41, 5.74) is 2.96. The van der Waals surface area contributed by atoms with Crippen molar-refractivity contribution in [2.24, 2.45) is 5.41 Å². The molecule has 4 aliphatic heterocycles. The average molecular weight is 415 g/mol. The summed E-state index contributed by atoms with van der Waals surface area (Å²) in [6.07, 6.45) is 7.00. The van der Waals surface area contributed by atoms with Crippen molar-refractivity contribution in [3.05, 3.63) is 11.6 Å². The van der Waals surface area contributed by atoms with Gasteiger partial charge in [-0.3, -0.25) is 4.90 Å². The molecule has 6 heteroatoms. The largest absolute Gasteiger partial charge is 0.493 e. The molecule has 4 heterocycles. The molecule has 5 atom stereocenters. The first-order chi connectivity index (χ1) is 14.6. The second kappa shape index (κ2) is 6.42. The molecule has 5 aliphatic rings. The lowest BCUT2D eigenvalue weighted by molar-refractivity contribution is -0.0462. The highest BCUT2D eigenvalue weighted by Crippen LogP contribution is 2.69. The van der Waals surface area contributed by atoms with Crippen molar-refractivity contribution in [2.45, 2.75) is 69.0 Å². The van der Waals surface area contributed by atoms with Gasteiger partial charge in [-0.25, -0.2) is 0 Å². The molecule has 3 fully saturated rings. The molecule has 0 aromatic heterocycles. The number of aliphatic hydroxyl groups excluding tert-OH is 1. The van der Waals surface area contributed by atoms with Gasteiger partial charge in [0.1, 0.15) is 6.61 Å². The Balaban J connectivity index is 1.62. The molecule has 2 saturated heterocycles. The quantitative estimate of drug-likeness (QED) is 0.818. The van der Waals surface area contributed by atoms with E-state index >= 15 is 0 Å². The van der Waals surface area contributed by atoms with Gasteiger partial charge < -0.3 is 24.2 Å². The molecule has 0 radical (unpaired) electrons. The second-order valence-electron chi connectivity index (χ2n) is 10.1. The minimum atomic E-state index is 0.0828. The molecule has 0 unspecified atom stereocenters. The molecular weight excluding hydrogens is 380 g/mol. The molecule has 0 bridgehead atoms. The van der Waals surface area contributed by atoms with Crippen molar-refractivity contribution in [3.63, 3.8) is 0 Å². The molecule has 1 aliphatic carbocycles. The molecule has 0 amide bonds. The number of ether oxygens (including phenoxy) is 3. The Kier molecular flexibility index (Phi) is 4.08. The van der Waals surface area contributed by atoms with E-state index < -0.39 is 0 Å². The average Bonchev–Trinajstić information content (AvgIpc) is 3.29. The Bertz CT molecular complexity index is 871. The lowest BCUT2D eigenvalue weighted by Crippen LogP contribution is -2.65. The SMILES string of the molecule is COc1cc2c3c(c1OC)OC[C@@H](C)N3[C@@H]1CC[C@@]3(CCO)CCCN4CC[C@@]21[C@H]43. The van der Waals surface area contributed by atoms with Crippen molar-refractivity contribution in [3.8, 4) is 17.2 Å². The predicted molar refractivity (Wildman–Crippen MR) is 115 cm³/mol. The highest BCUT2D eigenvalue weighted by Gasteiger charge is 2.69. The number of anilines is 1. The van der Waals surface area contributed by atoms with Crippen molar-refractivity contribution >= 4 is 5.69 Å². The first-order valence-corrected chi connectivity index (χ1v) is 11.7. The second-order valence-corrected chi connectivity index (χ2v) is 10.1. The minimum Gasteiger partial charge on any atom is -0.493 e. The van der Waals surface area contributed by atoms with Crippen molar-refractivity contribution in [1.29, 1.82) is 0 Å². The van der Waals surface area contributed by atoms with E-state index in [1.807, 2.05) is 0 Å². The predicted octanol–water partition coefficient (Wildman–Crippen LogP) is 2.94. The molecule has 30 heavy (non-hydrogen) atoms. The smallest absolute Gasteiger partial charge is 0.205 e. The first kappa shape index (κ1) is 19.1. The number of benzene rings is 1. The maximum atomic E-state index is 10.0. The van der Waals surface area contributed by atoms with Crippen molar-refractivity contribution in [1.82, 2.24) is 4.90 Å². The summed E-state index contributed by atoms with van der Waals surface area (Å²) in [4.78, 5) is 5.44. The molecular formula is C24H34N2O4. The number of aliphatic hydroxyl groups is 1. The van der Waals surface area contributed by atoms with Crippen LogP contribution in [-0.4, -0.2) is 68.7 Å². The van der Waals surface area contributed by atoms with Crippen LogP contribution < -0.4 is 19.1 Å². The van der Waals surface area contributed by atoms with Crippen LogP contribution in [-0.2, 0) is 5.41 Å². The number of hydrogen-bond donors (Lipinski definition) is 1. The molecule has 1 aromatic carbocycles. The number of methoxy groups -OCH3 is 2. The zero-order valence-corrected chi connectivity index (χ0v) is 18.4. The Morgan fingerprint density at radius 3 is 2.83 bits per heavy atom. The third-order valence-electron chi connectivity index (χ3n) is 9.12. The molecule has 1 spiro atoms. The monoisotopic (exact) mass is 414 g/mol. The summed E-state index contributed by atoms with van der Waals surface area (Å²) in [5.74, 6) is 2.38. The topological polar surface area (TPSA) is 54.4 Å². The molecule has 1 N–H and O–H groups in total. The van der Waals surface area contributed by atoms with Crippen LogP contribution in [0.15, 0.2) is 6.07 Å².